The molecule has 0 bridgehead atoms. The van der Waals surface area contributed by atoms with E-state index >= 15 is 0 Å². The molecule has 1 fully saturated rings. The second-order valence-electron chi connectivity index (χ2n) is 12.3. The highest BCUT2D eigenvalue weighted by atomic mass is 32.2. The van der Waals surface area contributed by atoms with E-state index in [4.69, 9.17) is 24.8 Å². The number of aromatic nitrogens is 2. The van der Waals surface area contributed by atoms with Crippen LogP contribution in [-0.2, 0) is 49.6 Å². The number of alkyl halides is 3. The van der Waals surface area contributed by atoms with E-state index in [1.54, 1.807) is 45.0 Å². The van der Waals surface area contributed by atoms with Crippen LogP contribution >= 0.6 is 23.3 Å². The fourth-order valence-electron chi connectivity index (χ4n) is 4.28. The van der Waals surface area contributed by atoms with E-state index in [2.05, 4.69) is 24.6 Å². The minimum atomic E-state index is -5.30. The number of amides is 2. The summed E-state index contributed by atoms with van der Waals surface area (Å²) < 4.78 is 62.7. The van der Waals surface area contributed by atoms with E-state index in [0.29, 0.717) is 11.3 Å². The number of hydrogen-bond donors (Lipinski definition) is 2. The minimum Gasteiger partial charge on any atom is -0.497 e. The molecule has 1 saturated heterocycles. The second-order valence-corrected chi connectivity index (χ2v) is 14.2. The van der Waals surface area contributed by atoms with Crippen molar-refractivity contribution < 1.29 is 60.9 Å². The number of anilines is 1. The predicted octanol–water partition coefficient (Wildman–Crippen LogP) is 2.47. The predicted molar refractivity (Wildman–Crippen MR) is 174 cm³/mol. The monoisotopic (exact) mass is 758 g/mol. The normalized spacial score (nSPS) is 17.9. The molecule has 3 heterocycles. The van der Waals surface area contributed by atoms with Crippen molar-refractivity contribution in [1.29, 1.82) is 0 Å². The summed E-state index contributed by atoms with van der Waals surface area (Å²) in [5.74, 6) is -6.19. The molecule has 2 aliphatic heterocycles. The van der Waals surface area contributed by atoms with Gasteiger partial charge in [0.25, 0.3) is 11.8 Å². The quantitative estimate of drug-likeness (QED) is 0.105. The Morgan fingerprint density at radius 3 is 2.27 bits per heavy atom. The molecule has 2 atom stereocenters. The van der Waals surface area contributed by atoms with Crippen LogP contribution in [-0.4, -0.2) is 98.0 Å². The number of benzene rings is 1. The Kier molecular flexibility index (Phi) is 11.5. The lowest BCUT2D eigenvalue weighted by Gasteiger charge is -2.49. The maximum atomic E-state index is 13.5. The average Bonchev–Trinajstić information content (AvgIpc) is 3.48. The molecule has 1 aromatic carbocycles. The minimum absolute atomic E-state index is 0.0349. The first-order valence-corrected chi connectivity index (χ1v) is 16.6. The van der Waals surface area contributed by atoms with E-state index in [-0.39, 0.29) is 28.9 Å². The van der Waals surface area contributed by atoms with Gasteiger partial charge >= 0.3 is 24.1 Å². The Balaban J connectivity index is 1.56. The number of carbonyl (C=O) groups is 5. The van der Waals surface area contributed by atoms with Gasteiger partial charge in [-0.25, -0.2) is 14.4 Å². The van der Waals surface area contributed by atoms with E-state index in [1.165, 1.54) is 21.0 Å². The molecule has 51 heavy (non-hydrogen) atoms. The van der Waals surface area contributed by atoms with Crippen molar-refractivity contribution in [1.82, 2.24) is 19.6 Å². The number of nitrogens with zero attached hydrogens (tertiary/aromatic N) is 4. The SMILES string of the molecule is COc1ccc(COC(=O)C2=C(COC(=O)C(F)(F)F)CSC3[C@H](NC(=O)/C(=N\OC(C)(C)C(=O)OC(C)(C)C)c4nsc(N)n4)C(=O)N23)cc1. The molecule has 3 N–H and O–H groups in total. The fourth-order valence-corrected chi connectivity index (χ4v) is 6.04. The van der Waals surface area contributed by atoms with Crippen LogP contribution in [0.2, 0.25) is 0 Å². The number of halogens is 3. The Bertz CT molecular complexity index is 1760. The number of oxime groups is 1. The summed E-state index contributed by atoms with van der Waals surface area (Å²) in [5.41, 5.74) is 2.53. The standard InChI is InChI=1S/C30H33F3N6O10S2/c1-28(2,3)48-25(43)29(4,5)49-37-17(20-36-27(34)51-38-20)21(40)35-18-22(41)39-19(24(42)46-11-14-7-9-16(45-6)10-8-14)15(13-50-23(18)39)12-47-26(44)30(31,32)33/h7-10,18,23H,11-13H2,1-6H3,(H,35,40)(H2,34,36,38)/b37-17-/t18-,23?/m1/s1. The Morgan fingerprint density at radius 1 is 1.04 bits per heavy atom. The van der Waals surface area contributed by atoms with Crippen molar-refractivity contribution in [2.24, 2.45) is 5.16 Å². The summed E-state index contributed by atoms with van der Waals surface area (Å²) in [6.45, 7) is 6.38. The van der Waals surface area contributed by atoms with Crippen molar-refractivity contribution in [2.45, 2.75) is 70.0 Å². The second kappa shape index (κ2) is 15.1. The molecule has 0 saturated carbocycles. The summed E-state index contributed by atoms with van der Waals surface area (Å²) in [7, 11) is 1.46. The zero-order valence-electron chi connectivity index (χ0n) is 28.0. The van der Waals surface area contributed by atoms with E-state index in [0.717, 1.165) is 28.2 Å². The van der Waals surface area contributed by atoms with Crippen LogP contribution in [0.5, 0.6) is 5.75 Å². The number of carbonyl (C=O) groups excluding carboxylic acids is 5. The molecule has 0 aliphatic carbocycles. The lowest BCUT2D eigenvalue weighted by Crippen LogP contribution is -2.71. The van der Waals surface area contributed by atoms with Crippen LogP contribution in [0.15, 0.2) is 40.7 Å². The van der Waals surface area contributed by atoms with Crippen LogP contribution in [0.3, 0.4) is 0 Å². The van der Waals surface area contributed by atoms with Gasteiger partial charge in [0.15, 0.2) is 5.13 Å². The number of methoxy groups -OCH3 is 1. The molecule has 4 rings (SSSR count). The highest BCUT2D eigenvalue weighted by Gasteiger charge is 2.55. The molecule has 2 aliphatic rings. The van der Waals surface area contributed by atoms with Gasteiger partial charge in [0, 0.05) is 22.9 Å². The lowest BCUT2D eigenvalue weighted by molar-refractivity contribution is -0.198. The smallest absolute Gasteiger partial charge is 0.490 e. The lowest BCUT2D eigenvalue weighted by atomic mass is 10.0. The summed E-state index contributed by atoms with van der Waals surface area (Å²) in [4.78, 5) is 74.8. The molecule has 276 valence electrons. The molecule has 21 heteroatoms. The Morgan fingerprint density at radius 2 is 1.71 bits per heavy atom. The number of hydrogen-bond acceptors (Lipinski definition) is 16. The highest BCUT2D eigenvalue weighted by molar-refractivity contribution is 8.00. The van der Waals surface area contributed by atoms with Gasteiger partial charge in [-0.2, -0.15) is 22.5 Å². The molecular formula is C30H33F3N6O10S2. The number of rotatable bonds is 12. The van der Waals surface area contributed by atoms with Gasteiger partial charge in [-0.05, 0) is 52.3 Å². The van der Waals surface area contributed by atoms with Gasteiger partial charge in [-0.1, -0.05) is 17.3 Å². The van der Waals surface area contributed by atoms with Crippen molar-refractivity contribution in [3.63, 3.8) is 0 Å². The number of thioether (sulfide) groups is 1. The topological polar surface area (TPSA) is 211 Å². The van der Waals surface area contributed by atoms with Gasteiger partial charge in [0.05, 0.1) is 7.11 Å². The number of ether oxygens (including phenoxy) is 4. The van der Waals surface area contributed by atoms with Gasteiger partial charge in [0.1, 0.15) is 41.7 Å². The fraction of sp³-hybridized carbons (Fsp3) is 0.467. The summed E-state index contributed by atoms with van der Waals surface area (Å²) in [6.07, 6.45) is -5.30. The maximum Gasteiger partial charge on any atom is 0.490 e. The summed E-state index contributed by atoms with van der Waals surface area (Å²) >= 11 is 1.70. The van der Waals surface area contributed by atoms with Crippen LogP contribution < -0.4 is 15.8 Å². The number of nitrogen functional groups attached to an aromatic ring is 1. The molecule has 0 radical (unpaired) electrons. The zero-order valence-corrected chi connectivity index (χ0v) is 29.6. The number of esters is 3. The van der Waals surface area contributed by atoms with E-state index in [9.17, 15) is 37.1 Å². The largest absolute Gasteiger partial charge is 0.497 e. The summed E-state index contributed by atoms with van der Waals surface area (Å²) in [5, 5.41) is 5.30. The van der Waals surface area contributed by atoms with Gasteiger partial charge in [0.2, 0.25) is 17.1 Å². The zero-order chi connectivity index (χ0) is 37.9. The maximum absolute atomic E-state index is 13.5. The average molecular weight is 759 g/mol. The van der Waals surface area contributed by atoms with Crippen LogP contribution in [0.1, 0.15) is 46.0 Å². The molecule has 2 aromatic rings. The van der Waals surface area contributed by atoms with Gasteiger partial charge in [-0.3, -0.25) is 14.5 Å². The first-order valence-electron chi connectivity index (χ1n) is 14.8. The Labute approximate surface area is 297 Å². The van der Waals surface area contributed by atoms with Gasteiger partial charge < -0.3 is 34.8 Å². The molecule has 1 aromatic heterocycles. The third kappa shape index (κ3) is 9.45. The third-order valence-electron chi connectivity index (χ3n) is 6.79. The van der Waals surface area contributed by atoms with E-state index < -0.39 is 76.5 Å². The summed E-state index contributed by atoms with van der Waals surface area (Å²) in [6, 6.07) is 5.14. The Hall–Kier alpha value is -4.92. The van der Waals surface area contributed by atoms with Crippen LogP contribution in [0.4, 0.5) is 18.3 Å². The van der Waals surface area contributed by atoms with Gasteiger partial charge in [-0.15, -0.1) is 11.8 Å². The number of fused-ring (bicyclic) bond motifs is 1. The molecular weight excluding hydrogens is 725 g/mol. The number of nitrogens with two attached hydrogens (primary N) is 1. The number of nitrogens with one attached hydrogen (secondary N) is 1. The third-order valence-corrected chi connectivity index (χ3v) is 8.67. The molecule has 1 unspecified atom stereocenters. The first-order chi connectivity index (χ1) is 23.7. The van der Waals surface area contributed by atoms with E-state index in [1.807, 2.05) is 0 Å². The first kappa shape index (κ1) is 38.9. The number of β-lactam (4-membered cyclic amide) rings is 1. The van der Waals surface area contributed by atoms with Crippen molar-refractivity contribution in [3.8, 4) is 5.75 Å². The van der Waals surface area contributed by atoms with Crippen molar-refractivity contribution >= 4 is 63.9 Å². The molecule has 16 nitrogen and oxygen atoms in total. The highest BCUT2D eigenvalue weighted by Crippen LogP contribution is 2.41. The van der Waals surface area contributed by atoms with Crippen molar-refractivity contribution in [3.05, 3.63) is 46.9 Å². The van der Waals surface area contributed by atoms with Crippen molar-refractivity contribution in [2.75, 3.05) is 25.2 Å². The van der Waals surface area contributed by atoms with Crippen LogP contribution in [0.25, 0.3) is 0 Å². The van der Waals surface area contributed by atoms with Crippen LogP contribution in [0, 0.1) is 0 Å². The molecule has 2 amide bonds. The molecule has 0 spiro atoms.